The molecule has 0 N–H and O–H groups in total. The van der Waals surface area contributed by atoms with Crippen molar-refractivity contribution in [2.75, 3.05) is 31.1 Å². The number of carbonyl (C=O) groups excluding carboxylic acids is 1. The van der Waals surface area contributed by atoms with Gasteiger partial charge in [0.1, 0.15) is 0 Å². The minimum absolute atomic E-state index is 0.110. The molecule has 3 aromatic rings. The molecule has 1 saturated heterocycles. The van der Waals surface area contributed by atoms with E-state index in [1.165, 1.54) is 0 Å². The molecule has 0 spiro atoms. The molecule has 0 bridgehead atoms. The van der Waals surface area contributed by atoms with Crippen molar-refractivity contribution in [3.8, 4) is 11.4 Å². The number of amides is 1. The molecule has 1 aromatic carbocycles. The van der Waals surface area contributed by atoms with E-state index in [2.05, 4.69) is 24.6 Å². The molecule has 1 fully saturated rings. The number of carbonyl (C=O) groups is 1. The number of hydrogen-bond acceptors (Lipinski definition) is 5. The van der Waals surface area contributed by atoms with Gasteiger partial charge in [-0.1, -0.05) is 23.7 Å². The average molecular weight is 397 g/mol. The average Bonchev–Trinajstić information content (AvgIpc) is 3.14. The first-order valence-corrected chi connectivity index (χ1v) is 9.58. The van der Waals surface area contributed by atoms with Crippen molar-refractivity contribution in [2.24, 2.45) is 0 Å². The zero-order chi connectivity index (χ0) is 19.5. The lowest BCUT2D eigenvalue weighted by atomic mass is 10.2. The van der Waals surface area contributed by atoms with Gasteiger partial charge in [0.15, 0.2) is 5.82 Å². The number of halogens is 1. The molecule has 0 saturated carbocycles. The van der Waals surface area contributed by atoms with Crippen LogP contribution < -0.4 is 4.90 Å². The van der Waals surface area contributed by atoms with Gasteiger partial charge in [-0.15, -0.1) is 10.2 Å². The van der Waals surface area contributed by atoms with Crippen LogP contribution in [-0.4, -0.2) is 56.7 Å². The predicted molar refractivity (Wildman–Crippen MR) is 108 cm³/mol. The number of pyridine rings is 1. The number of nitrogens with zero attached hydrogens (tertiary/aromatic N) is 6. The summed E-state index contributed by atoms with van der Waals surface area (Å²) in [6.45, 7) is 5.06. The Bertz CT molecular complexity index is 949. The fourth-order valence-electron chi connectivity index (χ4n) is 3.38. The SMILES string of the molecule is CC(=O)N1CCN(c2nnc(-c3cccnc3)n2Cc2ccc(Cl)cc2)CC1. The molecule has 7 nitrogen and oxygen atoms in total. The van der Waals surface area contributed by atoms with Crippen LogP contribution in [0, 0.1) is 0 Å². The second kappa shape index (κ2) is 7.98. The van der Waals surface area contributed by atoms with Crippen LogP contribution in [0.15, 0.2) is 48.8 Å². The summed E-state index contributed by atoms with van der Waals surface area (Å²) >= 11 is 6.03. The monoisotopic (exact) mass is 396 g/mol. The molecule has 28 heavy (non-hydrogen) atoms. The van der Waals surface area contributed by atoms with Crippen LogP contribution in [0.5, 0.6) is 0 Å². The van der Waals surface area contributed by atoms with Crippen LogP contribution in [0.2, 0.25) is 5.02 Å². The Morgan fingerprint density at radius 2 is 1.82 bits per heavy atom. The van der Waals surface area contributed by atoms with Crippen molar-refractivity contribution >= 4 is 23.5 Å². The molecule has 0 radical (unpaired) electrons. The van der Waals surface area contributed by atoms with E-state index in [9.17, 15) is 4.79 Å². The molecule has 144 valence electrons. The van der Waals surface area contributed by atoms with Crippen LogP contribution >= 0.6 is 11.6 Å². The first-order valence-electron chi connectivity index (χ1n) is 9.20. The third kappa shape index (κ3) is 3.84. The highest BCUT2D eigenvalue weighted by molar-refractivity contribution is 6.30. The Morgan fingerprint density at radius 1 is 1.07 bits per heavy atom. The van der Waals surface area contributed by atoms with Crippen LogP contribution in [0.25, 0.3) is 11.4 Å². The van der Waals surface area contributed by atoms with E-state index in [0.29, 0.717) is 24.7 Å². The lowest BCUT2D eigenvalue weighted by molar-refractivity contribution is -0.129. The Hall–Kier alpha value is -2.93. The first kappa shape index (κ1) is 18.4. The van der Waals surface area contributed by atoms with Crippen molar-refractivity contribution in [2.45, 2.75) is 13.5 Å². The molecule has 0 unspecified atom stereocenters. The van der Waals surface area contributed by atoms with E-state index in [4.69, 9.17) is 11.6 Å². The zero-order valence-corrected chi connectivity index (χ0v) is 16.4. The number of aromatic nitrogens is 4. The lowest BCUT2D eigenvalue weighted by Gasteiger charge is -2.34. The van der Waals surface area contributed by atoms with E-state index in [-0.39, 0.29) is 5.91 Å². The normalized spacial score (nSPS) is 14.4. The Labute approximate surface area is 168 Å². The molecule has 3 heterocycles. The Balaban J connectivity index is 1.67. The molecule has 4 rings (SSSR count). The fraction of sp³-hybridized carbons (Fsp3) is 0.300. The first-order chi connectivity index (χ1) is 13.6. The topological polar surface area (TPSA) is 67.2 Å². The van der Waals surface area contributed by atoms with E-state index in [1.807, 2.05) is 41.3 Å². The number of piperazine rings is 1. The van der Waals surface area contributed by atoms with E-state index in [1.54, 1.807) is 19.3 Å². The van der Waals surface area contributed by atoms with Gasteiger partial charge in [-0.3, -0.25) is 14.3 Å². The van der Waals surface area contributed by atoms with Crippen molar-refractivity contribution in [1.82, 2.24) is 24.6 Å². The van der Waals surface area contributed by atoms with Crippen LogP contribution in [0.3, 0.4) is 0 Å². The van der Waals surface area contributed by atoms with Gasteiger partial charge in [-0.05, 0) is 29.8 Å². The maximum absolute atomic E-state index is 11.6. The summed E-state index contributed by atoms with van der Waals surface area (Å²) in [4.78, 5) is 19.9. The van der Waals surface area contributed by atoms with Crippen molar-refractivity contribution < 1.29 is 4.79 Å². The maximum atomic E-state index is 11.6. The predicted octanol–water partition coefficient (Wildman–Crippen LogP) is 2.71. The zero-order valence-electron chi connectivity index (χ0n) is 15.6. The van der Waals surface area contributed by atoms with E-state index < -0.39 is 0 Å². The molecule has 8 heteroatoms. The molecular formula is C20H21ClN6O. The summed E-state index contributed by atoms with van der Waals surface area (Å²) in [6, 6.07) is 11.7. The standard InChI is InChI=1S/C20H21ClN6O/c1-15(28)25-9-11-26(12-10-25)20-24-23-19(17-3-2-8-22-13-17)27(20)14-16-4-6-18(21)7-5-16/h2-8,13H,9-12,14H2,1H3. The molecule has 0 aliphatic carbocycles. The maximum Gasteiger partial charge on any atom is 0.227 e. The van der Waals surface area contributed by atoms with Gasteiger partial charge in [0.2, 0.25) is 11.9 Å². The molecule has 1 amide bonds. The van der Waals surface area contributed by atoms with E-state index in [0.717, 1.165) is 36.0 Å². The van der Waals surface area contributed by atoms with Gasteiger partial charge in [0.25, 0.3) is 0 Å². The second-order valence-electron chi connectivity index (χ2n) is 6.77. The van der Waals surface area contributed by atoms with Gasteiger partial charge in [-0.25, -0.2) is 0 Å². The van der Waals surface area contributed by atoms with Gasteiger partial charge < -0.3 is 9.80 Å². The van der Waals surface area contributed by atoms with Crippen molar-refractivity contribution in [1.29, 1.82) is 0 Å². The van der Waals surface area contributed by atoms with Gasteiger partial charge >= 0.3 is 0 Å². The van der Waals surface area contributed by atoms with Gasteiger partial charge in [-0.2, -0.15) is 0 Å². The van der Waals surface area contributed by atoms with Crippen LogP contribution in [0.1, 0.15) is 12.5 Å². The third-order valence-corrected chi connectivity index (χ3v) is 5.16. The molecule has 0 atom stereocenters. The molecule has 1 aliphatic rings. The summed E-state index contributed by atoms with van der Waals surface area (Å²) in [5, 5.41) is 9.64. The largest absolute Gasteiger partial charge is 0.339 e. The fourth-order valence-corrected chi connectivity index (χ4v) is 3.50. The summed E-state index contributed by atoms with van der Waals surface area (Å²) in [7, 11) is 0. The van der Waals surface area contributed by atoms with Gasteiger partial charge in [0.05, 0.1) is 6.54 Å². The smallest absolute Gasteiger partial charge is 0.227 e. The number of benzene rings is 1. The summed E-state index contributed by atoms with van der Waals surface area (Å²) < 4.78 is 2.10. The minimum Gasteiger partial charge on any atom is -0.339 e. The number of rotatable bonds is 4. The third-order valence-electron chi connectivity index (χ3n) is 4.91. The highest BCUT2D eigenvalue weighted by atomic mass is 35.5. The number of anilines is 1. The Kier molecular flexibility index (Phi) is 5.25. The number of hydrogen-bond donors (Lipinski definition) is 0. The van der Waals surface area contributed by atoms with Crippen molar-refractivity contribution in [3.05, 3.63) is 59.4 Å². The quantitative estimate of drug-likeness (QED) is 0.678. The molecular weight excluding hydrogens is 376 g/mol. The Morgan fingerprint density at radius 3 is 2.46 bits per heavy atom. The second-order valence-corrected chi connectivity index (χ2v) is 7.21. The molecule has 2 aromatic heterocycles. The summed E-state index contributed by atoms with van der Waals surface area (Å²) in [6.07, 6.45) is 3.53. The van der Waals surface area contributed by atoms with Gasteiger partial charge in [0, 0.05) is 56.1 Å². The summed E-state index contributed by atoms with van der Waals surface area (Å²) in [5.41, 5.74) is 2.02. The van der Waals surface area contributed by atoms with Crippen LogP contribution in [0.4, 0.5) is 5.95 Å². The van der Waals surface area contributed by atoms with E-state index >= 15 is 0 Å². The summed E-state index contributed by atoms with van der Waals surface area (Å²) in [5.74, 6) is 1.68. The minimum atomic E-state index is 0.110. The molecule has 1 aliphatic heterocycles. The lowest BCUT2D eigenvalue weighted by Crippen LogP contribution is -2.48. The highest BCUT2D eigenvalue weighted by Gasteiger charge is 2.24. The van der Waals surface area contributed by atoms with Crippen molar-refractivity contribution in [3.63, 3.8) is 0 Å². The van der Waals surface area contributed by atoms with Crippen LogP contribution in [-0.2, 0) is 11.3 Å². The highest BCUT2D eigenvalue weighted by Crippen LogP contribution is 2.25.